The average molecular weight is 345 g/mol. The second-order valence-electron chi connectivity index (χ2n) is 4.89. The first kappa shape index (κ1) is 13.5. The summed E-state index contributed by atoms with van der Waals surface area (Å²) in [6.07, 6.45) is 1.28. The fraction of sp³-hybridized carbons (Fsp3) is 0.385. The Labute approximate surface area is 122 Å². The Morgan fingerprint density at radius 1 is 1.20 bits per heavy atom. The molecular formula is C13H11BrF2N2O2. The predicted octanol–water partition coefficient (Wildman–Crippen LogP) is 2.06. The summed E-state index contributed by atoms with van der Waals surface area (Å²) in [5, 5.41) is 0. The number of carbonyl (C=O) groups excluding carboxylic acids is 2. The molecule has 106 valence electrons. The Morgan fingerprint density at radius 2 is 1.85 bits per heavy atom. The number of nitrogens with zero attached hydrogens (tertiary/aromatic N) is 2. The Morgan fingerprint density at radius 3 is 2.50 bits per heavy atom. The molecule has 2 saturated heterocycles. The Kier molecular flexibility index (Phi) is 3.24. The van der Waals surface area contributed by atoms with Crippen LogP contribution < -0.4 is 4.90 Å². The van der Waals surface area contributed by atoms with E-state index in [1.54, 1.807) is 0 Å². The molecule has 7 heteroatoms. The van der Waals surface area contributed by atoms with E-state index in [-0.39, 0.29) is 16.9 Å². The molecule has 1 aromatic carbocycles. The predicted molar refractivity (Wildman–Crippen MR) is 71.1 cm³/mol. The first-order valence-corrected chi connectivity index (χ1v) is 7.03. The van der Waals surface area contributed by atoms with Gasteiger partial charge in [-0.25, -0.2) is 8.78 Å². The van der Waals surface area contributed by atoms with Gasteiger partial charge in [0.2, 0.25) is 11.8 Å². The highest BCUT2D eigenvalue weighted by atomic mass is 79.9. The lowest BCUT2D eigenvalue weighted by molar-refractivity contribution is -0.140. The number of amides is 2. The first-order chi connectivity index (χ1) is 9.49. The highest BCUT2D eigenvalue weighted by Gasteiger charge is 2.43. The fourth-order valence-corrected chi connectivity index (χ4v) is 3.19. The summed E-state index contributed by atoms with van der Waals surface area (Å²) in [6.45, 7) is 0.221. The maximum absolute atomic E-state index is 14.0. The minimum atomic E-state index is -0.857. The standard InChI is InChI=1S/C13H11BrF2N2O2/c14-7-4-8(15)12(9(16)5-7)18-6-11(19)17-3-1-2-10(17)13(18)20/h4-5,10H,1-3,6H2. The largest absolute Gasteiger partial charge is 0.329 e. The number of rotatable bonds is 1. The summed E-state index contributed by atoms with van der Waals surface area (Å²) in [7, 11) is 0. The van der Waals surface area contributed by atoms with Crippen LogP contribution in [0.4, 0.5) is 14.5 Å². The highest BCUT2D eigenvalue weighted by molar-refractivity contribution is 9.10. The average Bonchev–Trinajstić information content (AvgIpc) is 2.83. The number of piperazine rings is 1. The lowest BCUT2D eigenvalue weighted by Crippen LogP contribution is -2.58. The molecule has 0 spiro atoms. The normalized spacial score (nSPS) is 22.4. The van der Waals surface area contributed by atoms with Crippen molar-refractivity contribution in [3.05, 3.63) is 28.2 Å². The third-order valence-corrected chi connectivity index (χ3v) is 4.13. The third-order valence-electron chi connectivity index (χ3n) is 3.67. The van der Waals surface area contributed by atoms with Crippen LogP contribution in [0, 0.1) is 11.6 Å². The molecule has 0 aliphatic carbocycles. The van der Waals surface area contributed by atoms with Crippen LogP contribution in [0.3, 0.4) is 0 Å². The molecule has 1 aromatic rings. The quantitative estimate of drug-likeness (QED) is 0.782. The number of hydrogen-bond donors (Lipinski definition) is 0. The summed E-state index contributed by atoms with van der Waals surface area (Å²) in [6, 6.07) is 1.58. The van der Waals surface area contributed by atoms with Crippen LogP contribution in [0.2, 0.25) is 0 Å². The molecule has 20 heavy (non-hydrogen) atoms. The Hall–Kier alpha value is -1.50. The molecule has 2 heterocycles. The molecule has 2 fully saturated rings. The zero-order valence-corrected chi connectivity index (χ0v) is 12.0. The van der Waals surface area contributed by atoms with Gasteiger partial charge in [0.25, 0.3) is 0 Å². The minimum Gasteiger partial charge on any atom is -0.329 e. The van der Waals surface area contributed by atoms with Crippen LogP contribution >= 0.6 is 15.9 Å². The first-order valence-electron chi connectivity index (χ1n) is 6.24. The van der Waals surface area contributed by atoms with Crippen molar-refractivity contribution in [2.24, 2.45) is 0 Å². The van der Waals surface area contributed by atoms with E-state index in [1.165, 1.54) is 4.90 Å². The van der Waals surface area contributed by atoms with Gasteiger partial charge in [-0.1, -0.05) is 15.9 Å². The maximum Gasteiger partial charge on any atom is 0.250 e. The molecule has 1 unspecified atom stereocenters. The fourth-order valence-electron chi connectivity index (χ4n) is 2.79. The summed E-state index contributed by atoms with van der Waals surface area (Å²) in [5.41, 5.74) is -0.446. The number of benzene rings is 1. The highest BCUT2D eigenvalue weighted by Crippen LogP contribution is 2.32. The molecule has 2 amide bonds. The van der Waals surface area contributed by atoms with Crippen molar-refractivity contribution < 1.29 is 18.4 Å². The molecule has 0 aromatic heterocycles. The number of anilines is 1. The van der Waals surface area contributed by atoms with Gasteiger partial charge in [-0.05, 0) is 25.0 Å². The van der Waals surface area contributed by atoms with Crippen LogP contribution in [0.25, 0.3) is 0 Å². The van der Waals surface area contributed by atoms with Gasteiger partial charge < -0.3 is 4.90 Å². The molecule has 4 nitrogen and oxygen atoms in total. The maximum atomic E-state index is 14.0. The van der Waals surface area contributed by atoms with Crippen LogP contribution in [0.5, 0.6) is 0 Å². The summed E-state index contributed by atoms with van der Waals surface area (Å²) >= 11 is 2.98. The zero-order chi connectivity index (χ0) is 14.4. The topological polar surface area (TPSA) is 40.6 Å². The van der Waals surface area contributed by atoms with E-state index in [2.05, 4.69) is 15.9 Å². The summed E-state index contributed by atoms with van der Waals surface area (Å²) in [5.74, 6) is -2.40. The van der Waals surface area contributed by atoms with Crippen molar-refractivity contribution >= 4 is 33.4 Å². The lowest BCUT2D eigenvalue weighted by Gasteiger charge is -2.36. The van der Waals surface area contributed by atoms with E-state index in [0.29, 0.717) is 13.0 Å². The molecule has 0 radical (unpaired) electrons. The molecule has 0 bridgehead atoms. The van der Waals surface area contributed by atoms with Gasteiger partial charge in [0.1, 0.15) is 18.3 Å². The van der Waals surface area contributed by atoms with Crippen LogP contribution in [-0.2, 0) is 9.59 Å². The van der Waals surface area contributed by atoms with Crippen molar-refractivity contribution in [3.8, 4) is 0 Å². The lowest BCUT2D eigenvalue weighted by atomic mass is 10.1. The SMILES string of the molecule is O=C1C2CCCN2C(=O)CN1c1c(F)cc(Br)cc1F. The van der Waals surface area contributed by atoms with E-state index in [1.807, 2.05) is 0 Å². The van der Waals surface area contributed by atoms with Gasteiger partial charge >= 0.3 is 0 Å². The van der Waals surface area contributed by atoms with Gasteiger partial charge in [-0.3, -0.25) is 14.5 Å². The summed E-state index contributed by atoms with van der Waals surface area (Å²) < 4.78 is 28.1. The number of carbonyl (C=O) groups is 2. The smallest absolute Gasteiger partial charge is 0.250 e. The minimum absolute atomic E-state index is 0.245. The van der Waals surface area contributed by atoms with Gasteiger partial charge in [0.05, 0.1) is 0 Å². The van der Waals surface area contributed by atoms with E-state index >= 15 is 0 Å². The molecule has 0 N–H and O–H groups in total. The molecule has 2 aliphatic heterocycles. The van der Waals surface area contributed by atoms with Crippen molar-refractivity contribution in [1.29, 1.82) is 0 Å². The summed E-state index contributed by atoms with van der Waals surface area (Å²) in [4.78, 5) is 26.7. The van der Waals surface area contributed by atoms with Crippen molar-refractivity contribution in [1.82, 2.24) is 4.90 Å². The number of hydrogen-bond acceptors (Lipinski definition) is 2. The molecular weight excluding hydrogens is 334 g/mol. The van der Waals surface area contributed by atoms with Gasteiger partial charge in [0, 0.05) is 11.0 Å². The third kappa shape index (κ3) is 2.00. The van der Waals surface area contributed by atoms with E-state index < -0.39 is 29.3 Å². The van der Waals surface area contributed by atoms with Gasteiger partial charge in [0.15, 0.2) is 11.6 Å². The van der Waals surface area contributed by atoms with E-state index in [9.17, 15) is 18.4 Å². The van der Waals surface area contributed by atoms with E-state index in [4.69, 9.17) is 0 Å². The Bertz CT molecular complexity index is 585. The second kappa shape index (κ2) is 4.80. The molecule has 0 saturated carbocycles. The van der Waals surface area contributed by atoms with Crippen LogP contribution in [-0.4, -0.2) is 35.8 Å². The molecule has 1 atom stereocenters. The molecule has 2 aliphatic rings. The van der Waals surface area contributed by atoms with Crippen LogP contribution in [0.1, 0.15) is 12.8 Å². The van der Waals surface area contributed by atoms with Crippen molar-refractivity contribution in [2.45, 2.75) is 18.9 Å². The van der Waals surface area contributed by atoms with Crippen molar-refractivity contribution in [3.63, 3.8) is 0 Å². The second-order valence-corrected chi connectivity index (χ2v) is 5.80. The monoisotopic (exact) mass is 344 g/mol. The Balaban J connectivity index is 2.02. The van der Waals surface area contributed by atoms with Gasteiger partial charge in [-0.2, -0.15) is 0 Å². The number of halogens is 3. The van der Waals surface area contributed by atoms with Gasteiger partial charge in [-0.15, -0.1) is 0 Å². The molecule has 3 rings (SSSR count). The number of fused-ring (bicyclic) bond motifs is 1. The van der Waals surface area contributed by atoms with Crippen LogP contribution in [0.15, 0.2) is 16.6 Å². The van der Waals surface area contributed by atoms with Crippen molar-refractivity contribution in [2.75, 3.05) is 18.0 Å². The van der Waals surface area contributed by atoms with E-state index in [0.717, 1.165) is 23.5 Å². The zero-order valence-electron chi connectivity index (χ0n) is 10.4.